The zero-order valence-electron chi connectivity index (χ0n) is 12.4. The molecule has 116 valence electrons. The number of hydrogen-bond acceptors (Lipinski definition) is 4. The van der Waals surface area contributed by atoms with Crippen molar-refractivity contribution in [3.05, 3.63) is 54.1 Å². The van der Waals surface area contributed by atoms with Gasteiger partial charge in [0, 0.05) is 32.0 Å². The highest BCUT2D eigenvalue weighted by Gasteiger charge is 2.20. The first-order valence-corrected chi connectivity index (χ1v) is 7.44. The maximum absolute atomic E-state index is 12.1. The van der Waals surface area contributed by atoms with E-state index in [0.717, 1.165) is 18.7 Å². The third kappa shape index (κ3) is 3.72. The van der Waals surface area contributed by atoms with E-state index < -0.39 is 0 Å². The Morgan fingerprint density at radius 1 is 1.41 bits per heavy atom. The number of aromatic nitrogens is 2. The maximum Gasteiger partial charge on any atom is 0.239 e. The summed E-state index contributed by atoms with van der Waals surface area (Å²) in [6.45, 7) is 3.08. The van der Waals surface area contributed by atoms with Gasteiger partial charge in [0.25, 0.3) is 0 Å². The molecule has 6 heteroatoms. The molecule has 0 bridgehead atoms. The second-order valence-corrected chi connectivity index (χ2v) is 5.30. The molecule has 0 aliphatic carbocycles. The molecule has 1 aliphatic heterocycles. The lowest BCUT2D eigenvalue weighted by Gasteiger charge is -2.23. The molecule has 2 N–H and O–H groups in total. The smallest absolute Gasteiger partial charge is 0.239 e. The maximum atomic E-state index is 12.1. The van der Waals surface area contributed by atoms with Crippen LogP contribution in [0.3, 0.4) is 0 Å². The molecule has 0 spiro atoms. The molecular formula is C16H20N4O2. The van der Waals surface area contributed by atoms with E-state index in [0.29, 0.717) is 19.8 Å². The van der Waals surface area contributed by atoms with Gasteiger partial charge in [-0.25, -0.2) is 4.98 Å². The second-order valence-electron chi connectivity index (χ2n) is 5.30. The molecule has 3 rings (SSSR count). The molecule has 1 atom stereocenters. The van der Waals surface area contributed by atoms with Crippen LogP contribution in [0.2, 0.25) is 0 Å². The highest BCUT2D eigenvalue weighted by molar-refractivity contribution is 5.82. The van der Waals surface area contributed by atoms with E-state index in [1.165, 1.54) is 5.56 Å². The van der Waals surface area contributed by atoms with E-state index in [1.54, 1.807) is 12.5 Å². The molecular weight excluding hydrogens is 280 g/mol. The van der Waals surface area contributed by atoms with Gasteiger partial charge in [-0.15, -0.1) is 0 Å². The first-order valence-electron chi connectivity index (χ1n) is 7.44. The van der Waals surface area contributed by atoms with Gasteiger partial charge < -0.3 is 19.9 Å². The summed E-state index contributed by atoms with van der Waals surface area (Å²) in [6, 6.07) is 7.85. The fraction of sp³-hybridized carbons (Fsp3) is 0.375. The standard InChI is InChI=1S/C16H20N4O2/c21-16(15-11-22-8-6-18-15)19-9-13-3-1-2-4-14(13)10-20-7-5-17-12-20/h1-5,7,12,15,18H,6,8-11H2,(H,19,21). The third-order valence-electron chi connectivity index (χ3n) is 3.72. The molecule has 0 radical (unpaired) electrons. The number of ether oxygens (including phenoxy) is 1. The van der Waals surface area contributed by atoms with Crippen LogP contribution in [0.15, 0.2) is 43.0 Å². The average Bonchev–Trinajstić information content (AvgIpc) is 3.07. The van der Waals surface area contributed by atoms with Crippen LogP contribution < -0.4 is 10.6 Å². The number of rotatable bonds is 5. The molecule has 2 heterocycles. The number of imidazole rings is 1. The van der Waals surface area contributed by atoms with E-state index in [4.69, 9.17) is 4.74 Å². The Labute approximate surface area is 129 Å². The van der Waals surface area contributed by atoms with Crippen LogP contribution in [0.25, 0.3) is 0 Å². The lowest BCUT2D eigenvalue weighted by atomic mass is 10.1. The highest BCUT2D eigenvalue weighted by atomic mass is 16.5. The van der Waals surface area contributed by atoms with Crippen LogP contribution >= 0.6 is 0 Å². The predicted molar refractivity (Wildman–Crippen MR) is 82.2 cm³/mol. The Morgan fingerprint density at radius 2 is 2.27 bits per heavy atom. The average molecular weight is 300 g/mol. The van der Waals surface area contributed by atoms with Crippen molar-refractivity contribution < 1.29 is 9.53 Å². The van der Waals surface area contributed by atoms with Gasteiger partial charge in [-0.3, -0.25) is 4.79 Å². The Hall–Kier alpha value is -2.18. The Balaban J connectivity index is 1.61. The summed E-state index contributed by atoms with van der Waals surface area (Å²) in [4.78, 5) is 16.2. The summed E-state index contributed by atoms with van der Waals surface area (Å²) >= 11 is 0. The van der Waals surface area contributed by atoms with Crippen LogP contribution in [0.5, 0.6) is 0 Å². The Bertz CT molecular complexity index is 606. The second kappa shape index (κ2) is 7.20. The van der Waals surface area contributed by atoms with Crippen molar-refractivity contribution in [1.82, 2.24) is 20.2 Å². The molecule has 0 saturated carbocycles. The summed E-state index contributed by atoms with van der Waals surface area (Å²) in [6.07, 6.45) is 5.48. The summed E-state index contributed by atoms with van der Waals surface area (Å²) < 4.78 is 7.33. The fourth-order valence-electron chi connectivity index (χ4n) is 2.50. The molecule has 1 amide bonds. The van der Waals surface area contributed by atoms with Crippen LogP contribution in [0.1, 0.15) is 11.1 Å². The van der Waals surface area contributed by atoms with Gasteiger partial charge in [0.15, 0.2) is 0 Å². The third-order valence-corrected chi connectivity index (χ3v) is 3.72. The van der Waals surface area contributed by atoms with Gasteiger partial charge in [-0.05, 0) is 11.1 Å². The number of benzene rings is 1. The molecule has 2 aromatic rings. The fourth-order valence-corrected chi connectivity index (χ4v) is 2.50. The number of carbonyl (C=O) groups is 1. The van der Waals surface area contributed by atoms with Crippen molar-refractivity contribution in [2.45, 2.75) is 19.1 Å². The van der Waals surface area contributed by atoms with E-state index in [1.807, 2.05) is 29.0 Å². The van der Waals surface area contributed by atoms with Crippen LogP contribution in [0.4, 0.5) is 0 Å². The molecule has 1 aliphatic rings. The molecule has 22 heavy (non-hydrogen) atoms. The lowest BCUT2D eigenvalue weighted by Crippen LogP contribution is -2.51. The SMILES string of the molecule is O=C(NCc1ccccc1Cn1ccnc1)C1COCCN1. The molecule has 1 fully saturated rings. The minimum atomic E-state index is -0.255. The zero-order valence-corrected chi connectivity index (χ0v) is 12.4. The summed E-state index contributed by atoms with van der Waals surface area (Å²) in [5, 5.41) is 6.14. The zero-order chi connectivity index (χ0) is 15.2. The molecule has 1 aromatic carbocycles. The van der Waals surface area contributed by atoms with Crippen molar-refractivity contribution in [1.29, 1.82) is 0 Å². The van der Waals surface area contributed by atoms with Gasteiger partial charge in [0.05, 0.1) is 19.5 Å². The largest absolute Gasteiger partial charge is 0.378 e. The number of morpholine rings is 1. The molecule has 6 nitrogen and oxygen atoms in total. The number of hydrogen-bond donors (Lipinski definition) is 2. The van der Waals surface area contributed by atoms with E-state index in [-0.39, 0.29) is 11.9 Å². The van der Waals surface area contributed by atoms with Gasteiger partial charge in [-0.2, -0.15) is 0 Å². The normalized spacial score (nSPS) is 18.1. The quantitative estimate of drug-likeness (QED) is 0.845. The van der Waals surface area contributed by atoms with Crippen LogP contribution in [-0.2, 0) is 22.6 Å². The number of nitrogens with one attached hydrogen (secondary N) is 2. The number of carbonyl (C=O) groups excluding carboxylic acids is 1. The van der Waals surface area contributed by atoms with Crippen molar-refractivity contribution in [3.8, 4) is 0 Å². The van der Waals surface area contributed by atoms with Gasteiger partial charge in [0.1, 0.15) is 6.04 Å². The van der Waals surface area contributed by atoms with Gasteiger partial charge in [-0.1, -0.05) is 24.3 Å². The van der Waals surface area contributed by atoms with E-state index in [2.05, 4.69) is 21.7 Å². The van der Waals surface area contributed by atoms with Crippen LogP contribution in [0, 0.1) is 0 Å². The first-order chi connectivity index (χ1) is 10.8. The summed E-state index contributed by atoms with van der Waals surface area (Å²) in [7, 11) is 0. The molecule has 1 saturated heterocycles. The molecule has 1 aromatic heterocycles. The Kier molecular flexibility index (Phi) is 4.82. The molecule has 1 unspecified atom stereocenters. The van der Waals surface area contributed by atoms with Crippen molar-refractivity contribution in [2.75, 3.05) is 19.8 Å². The highest BCUT2D eigenvalue weighted by Crippen LogP contribution is 2.10. The topological polar surface area (TPSA) is 68.2 Å². The summed E-state index contributed by atoms with van der Waals surface area (Å²) in [5.74, 6) is -0.0165. The Morgan fingerprint density at radius 3 is 3.00 bits per heavy atom. The number of nitrogens with zero attached hydrogens (tertiary/aromatic N) is 2. The van der Waals surface area contributed by atoms with E-state index >= 15 is 0 Å². The minimum absolute atomic E-state index is 0.0165. The first kappa shape index (κ1) is 14.7. The predicted octanol–water partition coefficient (Wildman–Crippen LogP) is 0.536. The van der Waals surface area contributed by atoms with E-state index in [9.17, 15) is 4.79 Å². The van der Waals surface area contributed by atoms with Crippen LogP contribution in [-0.4, -0.2) is 41.3 Å². The van der Waals surface area contributed by atoms with Crippen molar-refractivity contribution in [2.24, 2.45) is 0 Å². The monoisotopic (exact) mass is 300 g/mol. The van der Waals surface area contributed by atoms with Crippen molar-refractivity contribution >= 4 is 5.91 Å². The number of amides is 1. The van der Waals surface area contributed by atoms with Gasteiger partial charge >= 0.3 is 0 Å². The minimum Gasteiger partial charge on any atom is -0.378 e. The van der Waals surface area contributed by atoms with Crippen molar-refractivity contribution in [3.63, 3.8) is 0 Å². The summed E-state index contributed by atoms with van der Waals surface area (Å²) in [5.41, 5.74) is 2.29. The lowest BCUT2D eigenvalue weighted by molar-refractivity contribution is -0.126. The van der Waals surface area contributed by atoms with Gasteiger partial charge in [0.2, 0.25) is 5.91 Å².